The Morgan fingerprint density at radius 3 is 2.46 bits per heavy atom. The van der Waals surface area contributed by atoms with E-state index in [1.807, 2.05) is 6.07 Å². The van der Waals surface area contributed by atoms with Crippen LogP contribution in [0, 0.1) is 0 Å². The number of hydrogen-bond acceptors (Lipinski definition) is 5. The first kappa shape index (κ1) is 16.9. The summed E-state index contributed by atoms with van der Waals surface area (Å²) >= 11 is 0.670. The zero-order chi connectivity index (χ0) is 18.3. The van der Waals surface area contributed by atoms with E-state index in [1.54, 1.807) is 48.5 Å². The van der Waals surface area contributed by atoms with E-state index in [4.69, 9.17) is 0 Å². The van der Waals surface area contributed by atoms with Crippen LogP contribution in [-0.2, 0) is 21.2 Å². The van der Waals surface area contributed by atoms with Crippen LogP contribution in [0.5, 0.6) is 0 Å². The summed E-state index contributed by atoms with van der Waals surface area (Å²) in [4.78, 5) is 23.4. The maximum absolute atomic E-state index is 12.9. The summed E-state index contributed by atoms with van der Waals surface area (Å²) in [7, 11) is -3.71. The zero-order valence-corrected chi connectivity index (χ0v) is 15.1. The number of amides is 1. The SMILES string of the molecule is O=C1NC(Cc2cccc3c2ccn3S(=O)(=O)c2ccccc2)C(=O)S1. The van der Waals surface area contributed by atoms with Crippen LogP contribution < -0.4 is 5.32 Å². The fourth-order valence-electron chi connectivity index (χ4n) is 3.05. The van der Waals surface area contributed by atoms with Crippen molar-refractivity contribution in [3.8, 4) is 0 Å². The van der Waals surface area contributed by atoms with E-state index in [-0.39, 0.29) is 15.2 Å². The number of benzene rings is 2. The predicted molar refractivity (Wildman–Crippen MR) is 99.6 cm³/mol. The Labute approximate surface area is 154 Å². The van der Waals surface area contributed by atoms with Crippen molar-refractivity contribution >= 4 is 43.0 Å². The molecular weight excluding hydrogens is 372 g/mol. The van der Waals surface area contributed by atoms with E-state index in [2.05, 4.69) is 5.32 Å². The molecule has 4 rings (SSSR count). The highest BCUT2D eigenvalue weighted by molar-refractivity contribution is 8.26. The van der Waals surface area contributed by atoms with E-state index in [0.717, 1.165) is 10.9 Å². The average Bonchev–Trinajstić information content (AvgIpc) is 3.20. The second-order valence-electron chi connectivity index (χ2n) is 5.89. The molecule has 2 heterocycles. The molecule has 1 saturated heterocycles. The maximum Gasteiger partial charge on any atom is 0.287 e. The summed E-state index contributed by atoms with van der Waals surface area (Å²) in [6, 6.07) is 14.7. The summed E-state index contributed by atoms with van der Waals surface area (Å²) < 4.78 is 27.1. The summed E-state index contributed by atoms with van der Waals surface area (Å²) in [5.41, 5.74) is 1.35. The van der Waals surface area contributed by atoms with Crippen molar-refractivity contribution in [1.82, 2.24) is 9.29 Å². The molecule has 6 nitrogen and oxygen atoms in total. The second-order valence-corrected chi connectivity index (χ2v) is 8.68. The molecule has 0 saturated carbocycles. The minimum Gasteiger partial charge on any atom is -0.335 e. The van der Waals surface area contributed by atoms with Gasteiger partial charge in [-0.1, -0.05) is 30.3 Å². The molecule has 0 radical (unpaired) electrons. The van der Waals surface area contributed by atoms with Crippen molar-refractivity contribution < 1.29 is 18.0 Å². The van der Waals surface area contributed by atoms with Crippen molar-refractivity contribution in [3.05, 3.63) is 66.4 Å². The van der Waals surface area contributed by atoms with Crippen LogP contribution in [0.2, 0.25) is 0 Å². The van der Waals surface area contributed by atoms with Crippen molar-refractivity contribution in [3.63, 3.8) is 0 Å². The fraction of sp³-hybridized carbons (Fsp3) is 0.111. The molecule has 1 aliphatic heterocycles. The Hall–Kier alpha value is -2.58. The van der Waals surface area contributed by atoms with Crippen LogP contribution >= 0.6 is 11.8 Å². The van der Waals surface area contributed by atoms with Gasteiger partial charge in [0, 0.05) is 29.8 Å². The number of carbonyl (C=O) groups is 2. The van der Waals surface area contributed by atoms with Gasteiger partial charge in [0.2, 0.25) is 5.12 Å². The molecule has 1 aliphatic rings. The van der Waals surface area contributed by atoms with E-state index in [9.17, 15) is 18.0 Å². The number of aromatic nitrogens is 1. The van der Waals surface area contributed by atoms with Crippen molar-refractivity contribution in [1.29, 1.82) is 0 Å². The molecule has 0 aliphatic carbocycles. The first-order chi connectivity index (χ1) is 12.5. The third kappa shape index (κ3) is 2.81. The standard InChI is InChI=1S/C18H14N2O4S2/c21-17-15(19-18(22)25-17)11-12-5-4-8-16-14(12)9-10-20(16)26(23,24)13-6-2-1-3-7-13/h1-10,15H,11H2,(H,19,22). The van der Waals surface area contributed by atoms with Gasteiger partial charge in [-0.3, -0.25) is 9.59 Å². The number of fused-ring (bicyclic) bond motifs is 1. The van der Waals surface area contributed by atoms with Gasteiger partial charge in [0.1, 0.15) is 6.04 Å². The van der Waals surface area contributed by atoms with Gasteiger partial charge in [-0.2, -0.15) is 0 Å². The Morgan fingerprint density at radius 1 is 1.00 bits per heavy atom. The Morgan fingerprint density at radius 2 is 1.77 bits per heavy atom. The number of nitrogens with zero attached hydrogens (tertiary/aromatic N) is 1. The number of hydrogen-bond donors (Lipinski definition) is 1. The zero-order valence-electron chi connectivity index (χ0n) is 13.5. The second kappa shape index (κ2) is 6.30. The molecule has 1 fully saturated rings. The highest BCUT2D eigenvalue weighted by Crippen LogP contribution is 2.27. The van der Waals surface area contributed by atoms with Gasteiger partial charge >= 0.3 is 0 Å². The van der Waals surface area contributed by atoms with Crippen LogP contribution in [0.15, 0.2) is 65.7 Å². The largest absolute Gasteiger partial charge is 0.335 e. The molecule has 1 N–H and O–H groups in total. The van der Waals surface area contributed by atoms with Crippen molar-refractivity contribution in [2.24, 2.45) is 0 Å². The maximum atomic E-state index is 12.9. The molecule has 2 aromatic carbocycles. The Kier molecular flexibility index (Phi) is 4.08. The third-order valence-corrected chi connectivity index (χ3v) is 6.77. The highest BCUT2D eigenvalue weighted by atomic mass is 32.2. The molecular formula is C18H14N2O4S2. The lowest BCUT2D eigenvalue weighted by molar-refractivity contribution is -0.112. The summed E-state index contributed by atoms with van der Waals surface area (Å²) in [5, 5.41) is 2.80. The minimum absolute atomic E-state index is 0.206. The Balaban J connectivity index is 1.76. The predicted octanol–water partition coefficient (Wildman–Crippen LogP) is 2.77. The first-order valence-corrected chi connectivity index (χ1v) is 10.1. The summed E-state index contributed by atoms with van der Waals surface area (Å²) in [5.74, 6) is 0. The Bertz CT molecular complexity index is 1120. The van der Waals surface area contributed by atoms with E-state index in [0.29, 0.717) is 23.7 Å². The van der Waals surface area contributed by atoms with Crippen LogP contribution in [0.4, 0.5) is 4.79 Å². The normalized spacial score (nSPS) is 17.6. The molecule has 1 amide bonds. The molecule has 1 unspecified atom stereocenters. The average molecular weight is 386 g/mol. The number of rotatable bonds is 4. The van der Waals surface area contributed by atoms with Crippen LogP contribution in [0.3, 0.4) is 0 Å². The van der Waals surface area contributed by atoms with Gasteiger partial charge < -0.3 is 5.32 Å². The van der Waals surface area contributed by atoms with Crippen molar-refractivity contribution in [2.45, 2.75) is 17.4 Å². The highest BCUT2D eigenvalue weighted by Gasteiger charge is 2.31. The van der Waals surface area contributed by atoms with Crippen LogP contribution in [-0.4, -0.2) is 28.8 Å². The van der Waals surface area contributed by atoms with Gasteiger partial charge in [-0.05, 0) is 29.8 Å². The molecule has 0 bridgehead atoms. The molecule has 0 spiro atoms. The lowest BCUT2D eigenvalue weighted by Gasteiger charge is -2.11. The lowest BCUT2D eigenvalue weighted by atomic mass is 10.0. The molecule has 26 heavy (non-hydrogen) atoms. The van der Waals surface area contributed by atoms with Gasteiger partial charge in [0.25, 0.3) is 15.3 Å². The topological polar surface area (TPSA) is 85.2 Å². The van der Waals surface area contributed by atoms with E-state index in [1.165, 1.54) is 10.2 Å². The third-order valence-electron chi connectivity index (χ3n) is 4.28. The first-order valence-electron chi connectivity index (χ1n) is 7.88. The van der Waals surface area contributed by atoms with Gasteiger partial charge in [-0.25, -0.2) is 12.4 Å². The molecule has 1 atom stereocenters. The number of nitrogens with one attached hydrogen (secondary N) is 1. The van der Waals surface area contributed by atoms with E-state index < -0.39 is 16.1 Å². The smallest absolute Gasteiger partial charge is 0.287 e. The van der Waals surface area contributed by atoms with Crippen LogP contribution in [0.1, 0.15) is 5.56 Å². The summed E-state index contributed by atoms with van der Waals surface area (Å²) in [6.07, 6.45) is 1.84. The van der Waals surface area contributed by atoms with Gasteiger partial charge in [0.05, 0.1) is 10.4 Å². The van der Waals surface area contributed by atoms with Gasteiger partial charge in [-0.15, -0.1) is 0 Å². The lowest BCUT2D eigenvalue weighted by Crippen LogP contribution is -2.30. The van der Waals surface area contributed by atoms with Crippen molar-refractivity contribution in [2.75, 3.05) is 0 Å². The summed E-state index contributed by atoms with van der Waals surface area (Å²) in [6.45, 7) is 0. The van der Waals surface area contributed by atoms with Gasteiger partial charge in [0.15, 0.2) is 0 Å². The van der Waals surface area contributed by atoms with Crippen LogP contribution in [0.25, 0.3) is 10.9 Å². The quantitative estimate of drug-likeness (QED) is 0.745. The fourth-order valence-corrected chi connectivity index (χ4v) is 5.08. The minimum atomic E-state index is -3.71. The monoisotopic (exact) mass is 386 g/mol. The number of carbonyl (C=O) groups excluding carboxylic acids is 2. The van der Waals surface area contributed by atoms with E-state index >= 15 is 0 Å². The molecule has 132 valence electrons. The molecule has 1 aromatic heterocycles. The number of thioether (sulfide) groups is 1. The molecule has 3 aromatic rings. The molecule has 8 heteroatoms.